The summed E-state index contributed by atoms with van der Waals surface area (Å²) in [6.07, 6.45) is 0.994. The van der Waals surface area contributed by atoms with E-state index in [1.54, 1.807) is 6.07 Å². The molecule has 2 aromatic carbocycles. The predicted molar refractivity (Wildman–Crippen MR) is 110 cm³/mol. The van der Waals surface area contributed by atoms with Crippen LogP contribution < -0.4 is 10.1 Å². The monoisotopic (exact) mass is 391 g/mol. The lowest BCUT2D eigenvalue weighted by Crippen LogP contribution is -2.22. The summed E-state index contributed by atoms with van der Waals surface area (Å²) in [4.78, 5) is 17.8. The number of rotatable bonds is 7. The number of benzene rings is 2. The van der Waals surface area contributed by atoms with Crippen LogP contribution in [0.1, 0.15) is 33.4 Å². The fourth-order valence-corrected chi connectivity index (χ4v) is 3.73. The van der Waals surface area contributed by atoms with Gasteiger partial charge in [0.2, 0.25) is 0 Å². The standard InChI is InChI=1S/C22H21N3O2S/c1-3-16-7-9-18(10-8-16)22-25-15(2)20(28-22)21(26)24-14-17-5-4-6-19(13-17)27-12-11-23/h4-10,13H,3,12,14H2,1-2H3,(H,24,26). The molecule has 3 aromatic rings. The maximum absolute atomic E-state index is 12.6. The molecule has 1 N–H and O–H groups in total. The summed E-state index contributed by atoms with van der Waals surface area (Å²) >= 11 is 1.40. The van der Waals surface area contributed by atoms with Gasteiger partial charge in [-0.25, -0.2) is 4.98 Å². The third-order valence-corrected chi connectivity index (χ3v) is 5.47. The van der Waals surface area contributed by atoms with Crippen molar-refractivity contribution < 1.29 is 9.53 Å². The second-order valence-electron chi connectivity index (χ2n) is 6.26. The van der Waals surface area contributed by atoms with Crippen LogP contribution in [0.25, 0.3) is 10.6 Å². The number of hydrogen-bond donors (Lipinski definition) is 1. The summed E-state index contributed by atoms with van der Waals surface area (Å²) in [7, 11) is 0. The van der Waals surface area contributed by atoms with Crippen molar-refractivity contribution in [3.8, 4) is 22.4 Å². The van der Waals surface area contributed by atoms with Crippen molar-refractivity contribution in [3.63, 3.8) is 0 Å². The molecule has 0 aliphatic rings. The number of nitrogens with one attached hydrogen (secondary N) is 1. The SMILES string of the molecule is CCc1ccc(-c2nc(C)c(C(=O)NCc3cccc(OCC#N)c3)s2)cc1. The molecule has 28 heavy (non-hydrogen) atoms. The van der Waals surface area contributed by atoms with Crippen LogP contribution in [-0.4, -0.2) is 17.5 Å². The zero-order valence-corrected chi connectivity index (χ0v) is 16.7. The van der Waals surface area contributed by atoms with Crippen molar-refractivity contribution in [2.45, 2.75) is 26.8 Å². The van der Waals surface area contributed by atoms with E-state index in [1.807, 2.05) is 43.3 Å². The number of carbonyl (C=O) groups is 1. The first kappa shape index (κ1) is 19.6. The molecule has 6 heteroatoms. The Labute approximate surface area is 168 Å². The van der Waals surface area contributed by atoms with Gasteiger partial charge in [0.1, 0.15) is 21.7 Å². The molecule has 1 aromatic heterocycles. The molecule has 5 nitrogen and oxygen atoms in total. The van der Waals surface area contributed by atoms with Gasteiger partial charge in [-0.15, -0.1) is 11.3 Å². The molecule has 0 unspecified atom stereocenters. The normalized spacial score (nSPS) is 10.3. The minimum absolute atomic E-state index is 0.00210. The maximum Gasteiger partial charge on any atom is 0.263 e. The lowest BCUT2D eigenvalue weighted by molar-refractivity contribution is 0.0954. The Hall–Kier alpha value is -3.17. The van der Waals surface area contributed by atoms with Crippen LogP contribution in [0.2, 0.25) is 0 Å². The first-order valence-corrected chi connectivity index (χ1v) is 9.86. The summed E-state index contributed by atoms with van der Waals surface area (Å²) in [5, 5.41) is 12.4. The van der Waals surface area contributed by atoms with E-state index in [-0.39, 0.29) is 12.5 Å². The third kappa shape index (κ3) is 4.76. The number of nitrogens with zero attached hydrogens (tertiary/aromatic N) is 2. The number of ether oxygens (including phenoxy) is 1. The van der Waals surface area contributed by atoms with Crippen molar-refractivity contribution in [1.29, 1.82) is 5.26 Å². The van der Waals surface area contributed by atoms with Gasteiger partial charge in [-0.2, -0.15) is 5.26 Å². The van der Waals surface area contributed by atoms with Gasteiger partial charge in [0, 0.05) is 12.1 Å². The van der Waals surface area contributed by atoms with E-state index >= 15 is 0 Å². The average Bonchev–Trinajstić information content (AvgIpc) is 3.12. The van der Waals surface area contributed by atoms with Crippen molar-refractivity contribution in [3.05, 3.63) is 70.2 Å². The van der Waals surface area contributed by atoms with E-state index in [1.165, 1.54) is 16.9 Å². The summed E-state index contributed by atoms with van der Waals surface area (Å²) in [6.45, 7) is 4.35. The molecule has 0 bridgehead atoms. The van der Waals surface area contributed by atoms with E-state index in [0.29, 0.717) is 17.2 Å². The Bertz CT molecular complexity index is 1000. The van der Waals surface area contributed by atoms with Crippen LogP contribution in [0.5, 0.6) is 5.75 Å². The lowest BCUT2D eigenvalue weighted by atomic mass is 10.1. The van der Waals surface area contributed by atoms with E-state index in [2.05, 4.69) is 29.4 Å². The van der Waals surface area contributed by atoms with Gasteiger partial charge in [-0.3, -0.25) is 4.79 Å². The highest BCUT2D eigenvalue weighted by Crippen LogP contribution is 2.28. The summed E-state index contributed by atoms with van der Waals surface area (Å²) < 4.78 is 5.29. The minimum atomic E-state index is -0.144. The molecular formula is C22H21N3O2S. The largest absolute Gasteiger partial charge is 0.479 e. The van der Waals surface area contributed by atoms with E-state index in [9.17, 15) is 4.79 Å². The minimum Gasteiger partial charge on any atom is -0.479 e. The predicted octanol–water partition coefficient (Wildman–Crippen LogP) is 4.51. The number of aromatic nitrogens is 1. The molecule has 1 heterocycles. The molecular weight excluding hydrogens is 370 g/mol. The topological polar surface area (TPSA) is 75.0 Å². The number of nitriles is 1. The molecule has 0 saturated carbocycles. The number of thiazole rings is 1. The van der Waals surface area contributed by atoms with Crippen molar-refractivity contribution >= 4 is 17.2 Å². The Morgan fingerprint density at radius 1 is 1.21 bits per heavy atom. The van der Waals surface area contributed by atoms with Crippen LogP contribution in [0, 0.1) is 18.3 Å². The van der Waals surface area contributed by atoms with Crippen LogP contribution in [-0.2, 0) is 13.0 Å². The molecule has 0 radical (unpaired) electrons. The molecule has 0 aliphatic carbocycles. The molecule has 0 saturated heterocycles. The fourth-order valence-electron chi connectivity index (χ4n) is 2.74. The number of aryl methyl sites for hydroxylation is 2. The van der Waals surface area contributed by atoms with Crippen LogP contribution in [0.15, 0.2) is 48.5 Å². The first-order chi connectivity index (χ1) is 13.6. The van der Waals surface area contributed by atoms with Gasteiger partial charge in [0.15, 0.2) is 6.61 Å². The van der Waals surface area contributed by atoms with E-state index < -0.39 is 0 Å². The number of amides is 1. The van der Waals surface area contributed by atoms with Crippen molar-refractivity contribution in [1.82, 2.24) is 10.3 Å². The van der Waals surface area contributed by atoms with Crippen molar-refractivity contribution in [2.24, 2.45) is 0 Å². The van der Waals surface area contributed by atoms with Crippen molar-refractivity contribution in [2.75, 3.05) is 6.61 Å². The van der Waals surface area contributed by atoms with Gasteiger partial charge in [-0.05, 0) is 36.6 Å². The quantitative estimate of drug-likeness (QED) is 0.643. The Morgan fingerprint density at radius 3 is 2.71 bits per heavy atom. The average molecular weight is 391 g/mol. The summed E-state index contributed by atoms with van der Waals surface area (Å²) in [6, 6.07) is 17.6. The first-order valence-electron chi connectivity index (χ1n) is 9.04. The van der Waals surface area contributed by atoms with Gasteiger partial charge < -0.3 is 10.1 Å². The Kier molecular flexibility index (Phi) is 6.41. The van der Waals surface area contributed by atoms with E-state index in [4.69, 9.17) is 10.00 Å². The molecule has 0 aliphatic heterocycles. The third-order valence-electron chi connectivity index (χ3n) is 4.27. The number of hydrogen-bond acceptors (Lipinski definition) is 5. The molecule has 3 rings (SSSR count). The van der Waals surface area contributed by atoms with Gasteiger partial charge in [0.25, 0.3) is 5.91 Å². The van der Waals surface area contributed by atoms with Gasteiger partial charge in [-0.1, -0.05) is 43.3 Å². The Morgan fingerprint density at radius 2 is 2.00 bits per heavy atom. The summed E-state index contributed by atoms with van der Waals surface area (Å²) in [5.41, 5.74) is 3.92. The van der Waals surface area contributed by atoms with Gasteiger partial charge in [0.05, 0.1) is 5.69 Å². The highest BCUT2D eigenvalue weighted by atomic mass is 32.1. The zero-order chi connectivity index (χ0) is 19.9. The molecule has 1 amide bonds. The highest BCUT2D eigenvalue weighted by molar-refractivity contribution is 7.17. The molecule has 0 fully saturated rings. The van der Waals surface area contributed by atoms with E-state index in [0.717, 1.165) is 28.2 Å². The number of carbonyl (C=O) groups excluding carboxylic acids is 1. The molecule has 142 valence electrons. The lowest BCUT2D eigenvalue weighted by Gasteiger charge is -2.07. The van der Waals surface area contributed by atoms with Gasteiger partial charge >= 0.3 is 0 Å². The van der Waals surface area contributed by atoms with Crippen LogP contribution in [0.3, 0.4) is 0 Å². The second-order valence-corrected chi connectivity index (χ2v) is 7.26. The zero-order valence-electron chi connectivity index (χ0n) is 15.9. The molecule has 0 spiro atoms. The smallest absolute Gasteiger partial charge is 0.263 e. The highest BCUT2D eigenvalue weighted by Gasteiger charge is 2.16. The van der Waals surface area contributed by atoms with Crippen LogP contribution in [0.4, 0.5) is 0 Å². The maximum atomic E-state index is 12.6. The second kappa shape index (κ2) is 9.16. The Balaban J connectivity index is 1.68. The molecule has 0 atom stereocenters. The fraction of sp³-hybridized carbons (Fsp3) is 0.227. The summed E-state index contributed by atoms with van der Waals surface area (Å²) in [5.74, 6) is 0.467. The van der Waals surface area contributed by atoms with Crippen LogP contribution >= 0.6 is 11.3 Å².